The first-order valence-corrected chi connectivity index (χ1v) is 9.35. The highest BCUT2D eigenvalue weighted by Crippen LogP contribution is 2.27. The van der Waals surface area contributed by atoms with E-state index in [4.69, 9.17) is 4.74 Å². The number of benzene rings is 2. The van der Waals surface area contributed by atoms with Gasteiger partial charge in [-0.2, -0.15) is 0 Å². The van der Waals surface area contributed by atoms with Crippen LogP contribution in [-0.2, 0) is 27.5 Å². The normalized spacial score (nSPS) is 22.6. The zero-order chi connectivity index (χ0) is 20.1. The summed E-state index contributed by atoms with van der Waals surface area (Å²) >= 11 is 0. The molecule has 2 N–H and O–H groups in total. The van der Waals surface area contributed by atoms with Gasteiger partial charge in [-0.1, -0.05) is 60.2 Å². The van der Waals surface area contributed by atoms with Crippen LogP contribution in [0.4, 0.5) is 0 Å². The Morgan fingerprint density at radius 1 is 1.11 bits per heavy atom. The van der Waals surface area contributed by atoms with Gasteiger partial charge >= 0.3 is 11.9 Å². The number of carboxylic acids is 1. The maximum atomic E-state index is 12.9. The number of aliphatic hydroxyl groups is 1. The van der Waals surface area contributed by atoms with Crippen LogP contribution in [0.2, 0.25) is 0 Å². The molecule has 2 aromatic carbocycles. The minimum atomic E-state index is -1.10. The number of piperidine rings is 1. The van der Waals surface area contributed by atoms with Crippen LogP contribution in [0.25, 0.3) is 0 Å². The number of hydrogen-bond acceptors (Lipinski definition) is 5. The van der Waals surface area contributed by atoms with Gasteiger partial charge in [-0.3, -0.25) is 14.5 Å². The van der Waals surface area contributed by atoms with E-state index in [0.29, 0.717) is 6.54 Å². The van der Waals surface area contributed by atoms with Crippen LogP contribution in [0.3, 0.4) is 0 Å². The van der Waals surface area contributed by atoms with Gasteiger partial charge in [0.25, 0.3) is 0 Å². The van der Waals surface area contributed by atoms with Crippen molar-refractivity contribution in [2.24, 2.45) is 5.92 Å². The van der Waals surface area contributed by atoms with E-state index >= 15 is 0 Å². The van der Waals surface area contributed by atoms with E-state index in [1.54, 1.807) is 4.90 Å². The average molecular weight is 383 g/mol. The largest absolute Gasteiger partial charge is 0.481 e. The summed E-state index contributed by atoms with van der Waals surface area (Å²) < 4.78 is 5.45. The van der Waals surface area contributed by atoms with Crippen molar-refractivity contribution in [1.82, 2.24) is 4.90 Å². The molecule has 3 rings (SSSR count). The van der Waals surface area contributed by atoms with Crippen molar-refractivity contribution in [2.75, 3.05) is 6.54 Å². The molecule has 2 aromatic rings. The van der Waals surface area contributed by atoms with E-state index in [2.05, 4.69) is 0 Å². The van der Waals surface area contributed by atoms with Gasteiger partial charge in [0.1, 0.15) is 12.6 Å². The van der Waals surface area contributed by atoms with Gasteiger partial charge in [0.2, 0.25) is 0 Å². The second kappa shape index (κ2) is 8.99. The maximum Gasteiger partial charge on any atom is 0.324 e. The van der Waals surface area contributed by atoms with E-state index in [1.165, 1.54) is 0 Å². The first-order chi connectivity index (χ1) is 13.4. The van der Waals surface area contributed by atoms with Crippen molar-refractivity contribution >= 4 is 11.9 Å². The van der Waals surface area contributed by atoms with Crippen molar-refractivity contribution in [3.63, 3.8) is 0 Å². The van der Waals surface area contributed by atoms with Crippen molar-refractivity contribution < 1.29 is 24.5 Å². The summed E-state index contributed by atoms with van der Waals surface area (Å²) in [5, 5.41) is 19.8. The number of rotatable bonds is 6. The Morgan fingerprint density at radius 2 is 1.82 bits per heavy atom. The highest BCUT2D eigenvalue weighted by Gasteiger charge is 2.44. The first-order valence-electron chi connectivity index (χ1n) is 9.35. The highest BCUT2D eigenvalue weighted by molar-refractivity contribution is 5.84. The lowest BCUT2D eigenvalue weighted by Crippen LogP contribution is -2.56. The molecule has 1 heterocycles. The molecule has 28 heavy (non-hydrogen) atoms. The monoisotopic (exact) mass is 383 g/mol. The van der Waals surface area contributed by atoms with Crippen LogP contribution in [-0.4, -0.2) is 45.7 Å². The molecule has 0 bridgehead atoms. The average Bonchev–Trinajstić information content (AvgIpc) is 2.66. The molecule has 0 unspecified atom stereocenters. The summed E-state index contributed by atoms with van der Waals surface area (Å²) in [5.74, 6) is -2.69. The van der Waals surface area contributed by atoms with E-state index in [9.17, 15) is 19.8 Å². The molecule has 6 heteroatoms. The number of carbonyl (C=O) groups is 2. The predicted octanol–water partition coefficient (Wildman–Crippen LogP) is 2.37. The van der Waals surface area contributed by atoms with Crippen LogP contribution in [0.15, 0.2) is 54.6 Å². The topological polar surface area (TPSA) is 87.1 Å². The number of likely N-dealkylation sites (tertiary alicyclic amines) is 1. The van der Waals surface area contributed by atoms with E-state index in [1.807, 2.05) is 61.5 Å². The minimum absolute atomic E-state index is 0.0325. The van der Waals surface area contributed by atoms with Gasteiger partial charge in [-0.15, -0.1) is 0 Å². The summed E-state index contributed by atoms with van der Waals surface area (Å²) in [7, 11) is 0. The number of esters is 1. The lowest BCUT2D eigenvalue weighted by atomic mass is 9.87. The van der Waals surface area contributed by atoms with Crippen LogP contribution in [0.1, 0.15) is 23.1 Å². The maximum absolute atomic E-state index is 12.9. The van der Waals surface area contributed by atoms with Gasteiger partial charge in [-0.25, -0.2) is 0 Å². The van der Waals surface area contributed by atoms with Crippen LogP contribution < -0.4 is 0 Å². The Hall–Kier alpha value is -2.70. The van der Waals surface area contributed by atoms with Crippen molar-refractivity contribution in [1.29, 1.82) is 0 Å². The molecule has 0 radical (unpaired) electrons. The van der Waals surface area contributed by atoms with Gasteiger partial charge in [0.05, 0.1) is 12.0 Å². The summed E-state index contributed by atoms with van der Waals surface area (Å²) in [6.07, 6.45) is -0.769. The summed E-state index contributed by atoms with van der Waals surface area (Å²) in [6, 6.07) is 16.1. The molecule has 0 amide bonds. The molecule has 1 saturated heterocycles. The van der Waals surface area contributed by atoms with Gasteiger partial charge < -0.3 is 14.9 Å². The Morgan fingerprint density at radius 3 is 2.50 bits per heavy atom. The molecule has 1 aliphatic rings. The van der Waals surface area contributed by atoms with E-state index in [-0.39, 0.29) is 19.6 Å². The van der Waals surface area contributed by atoms with Gasteiger partial charge in [0.15, 0.2) is 0 Å². The SMILES string of the molecule is Cc1cccc(CN2C[C@@H](O)C[C@H](C(=O)O)[C@H]2C(=O)OCc2ccccc2)c1. The first kappa shape index (κ1) is 20.0. The third kappa shape index (κ3) is 4.97. The molecule has 0 saturated carbocycles. The fourth-order valence-electron chi connectivity index (χ4n) is 3.71. The smallest absolute Gasteiger partial charge is 0.324 e. The fourth-order valence-corrected chi connectivity index (χ4v) is 3.71. The fraction of sp³-hybridized carbons (Fsp3) is 0.364. The lowest BCUT2D eigenvalue weighted by molar-refractivity contribution is -0.167. The van der Waals surface area contributed by atoms with Crippen molar-refractivity contribution in [2.45, 2.75) is 38.6 Å². The number of carbonyl (C=O) groups excluding carboxylic acids is 1. The molecule has 6 nitrogen and oxygen atoms in total. The number of carboxylic acid groups (broad SMARTS) is 1. The molecule has 148 valence electrons. The standard InChI is InChI=1S/C22H25NO5/c1-15-6-5-9-17(10-15)12-23-13-18(24)11-19(21(25)26)20(23)22(27)28-14-16-7-3-2-4-8-16/h2-10,18-20,24H,11-14H2,1H3,(H,25,26)/t18-,19-,20-/m0/s1. The quantitative estimate of drug-likeness (QED) is 0.745. The third-order valence-corrected chi connectivity index (χ3v) is 5.00. The summed E-state index contributed by atoms with van der Waals surface area (Å²) in [6.45, 7) is 2.65. The molecular weight excluding hydrogens is 358 g/mol. The second-order valence-electron chi connectivity index (χ2n) is 7.29. The van der Waals surface area contributed by atoms with Crippen molar-refractivity contribution in [3.8, 4) is 0 Å². The van der Waals surface area contributed by atoms with Crippen molar-refractivity contribution in [3.05, 3.63) is 71.3 Å². The van der Waals surface area contributed by atoms with Crippen LogP contribution >= 0.6 is 0 Å². The summed E-state index contributed by atoms with van der Waals surface area (Å²) in [4.78, 5) is 26.4. The van der Waals surface area contributed by atoms with Gasteiger partial charge in [0, 0.05) is 13.1 Å². The number of aliphatic carboxylic acids is 1. The van der Waals surface area contributed by atoms with Crippen LogP contribution in [0.5, 0.6) is 0 Å². The molecule has 1 aliphatic heterocycles. The molecule has 0 spiro atoms. The molecule has 0 aliphatic carbocycles. The van der Waals surface area contributed by atoms with E-state index in [0.717, 1.165) is 16.7 Å². The predicted molar refractivity (Wildman–Crippen MR) is 103 cm³/mol. The lowest BCUT2D eigenvalue weighted by Gasteiger charge is -2.40. The Bertz CT molecular complexity index is 823. The van der Waals surface area contributed by atoms with E-state index < -0.39 is 30.0 Å². The minimum Gasteiger partial charge on any atom is -0.481 e. The number of aliphatic hydroxyl groups excluding tert-OH is 1. The number of β-amino-alcohol motifs (C(OH)–C–C–N with tert-alkyl or cyclic N) is 1. The number of ether oxygens (including phenoxy) is 1. The zero-order valence-corrected chi connectivity index (χ0v) is 15.8. The number of hydrogen-bond donors (Lipinski definition) is 2. The Kier molecular flexibility index (Phi) is 6.44. The number of aryl methyl sites for hydroxylation is 1. The zero-order valence-electron chi connectivity index (χ0n) is 15.8. The summed E-state index contributed by atoms with van der Waals surface area (Å²) in [5.41, 5.74) is 2.87. The van der Waals surface area contributed by atoms with Crippen LogP contribution in [0, 0.1) is 12.8 Å². The molecule has 1 fully saturated rings. The Labute approximate surface area is 164 Å². The third-order valence-electron chi connectivity index (χ3n) is 5.00. The molecule has 3 atom stereocenters. The van der Waals surface area contributed by atoms with Gasteiger partial charge in [-0.05, 0) is 24.5 Å². The second-order valence-corrected chi connectivity index (χ2v) is 7.29. The highest BCUT2D eigenvalue weighted by atomic mass is 16.5. The molecule has 0 aromatic heterocycles. The Balaban J connectivity index is 1.79. The number of nitrogens with zero attached hydrogens (tertiary/aromatic N) is 1. The molecular formula is C22H25NO5.